The van der Waals surface area contributed by atoms with Crippen LogP contribution in [-0.4, -0.2) is 0 Å². The summed E-state index contributed by atoms with van der Waals surface area (Å²) in [5.41, 5.74) is 16.4. The summed E-state index contributed by atoms with van der Waals surface area (Å²) in [5.74, 6) is 0. The molecule has 0 aliphatic carbocycles. The number of hydrogen-bond donors (Lipinski definition) is 0. The highest BCUT2D eigenvalue weighted by atomic mass is 16.3. The second-order valence-electron chi connectivity index (χ2n) is 20.8. The molecule has 4 heteroatoms. The first-order valence-electron chi connectivity index (χ1n) is 26.8. The number of benzene rings is 14. The highest BCUT2D eigenvalue weighted by Crippen LogP contribution is 2.53. The number of nitrogens with zero attached hydrogens (tertiary/aromatic N) is 2. The fourth-order valence-electron chi connectivity index (χ4n) is 13.0. The van der Waals surface area contributed by atoms with Crippen LogP contribution in [0.1, 0.15) is 11.1 Å². The lowest BCUT2D eigenvalue weighted by atomic mass is 9.87. The summed E-state index contributed by atoms with van der Waals surface area (Å²) in [7, 11) is 0. The van der Waals surface area contributed by atoms with E-state index in [9.17, 15) is 0 Å². The van der Waals surface area contributed by atoms with Gasteiger partial charge in [0.05, 0.1) is 22.7 Å². The zero-order valence-corrected chi connectivity index (χ0v) is 43.0. The monoisotopic (exact) mass is 996 g/mol. The molecule has 4 nitrogen and oxygen atoms in total. The molecule has 0 atom stereocenters. The number of furan rings is 2. The number of rotatable bonds is 8. The third kappa shape index (κ3) is 6.53. The lowest BCUT2D eigenvalue weighted by molar-refractivity contribution is 0.670. The van der Waals surface area contributed by atoms with Crippen molar-refractivity contribution in [3.05, 3.63) is 266 Å². The maximum atomic E-state index is 7.35. The minimum atomic E-state index is 0.840. The van der Waals surface area contributed by atoms with Crippen LogP contribution in [0, 0.1) is 13.8 Å². The average molecular weight is 997 g/mol. The number of anilines is 6. The smallest absolute Gasteiger partial charge is 0.159 e. The number of fused-ring (bicyclic) bond motifs is 10. The van der Waals surface area contributed by atoms with Gasteiger partial charge >= 0.3 is 0 Å². The summed E-state index contributed by atoms with van der Waals surface area (Å²) in [6, 6.07) is 92.1. The van der Waals surface area contributed by atoms with E-state index in [0.29, 0.717) is 0 Å². The van der Waals surface area contributed by atoms with Crippen molar-refractivity contribution >= 4 is 132 Å². The van der Waals surface area contributed by atoms with Crippen LogP contribution in [0.15, 0.2) is 264 Å². The van der Waals surface area contributed by atoms with Gasteiger partial charge in [0.1, 0.15) is 11.2 Å². The highest BCUT2D eigenvalue weighted by Gasteiger charge is 2.28. The molecule has 0 spiro atoms. The minimum Gasteiger partial charge on any atom is -0.453 e. The van der Waals surface area contributed by atoms with Crippen LogP contribution >= 0.6 is 0 Å². The maximum Gasteiger partial charge on any atom is 0.159 e. The molecule has 0 saturated carbocycles. The van der Waals surface area contributed by atoms with Gasteiger partial charge in [-0.25, -0.2) is 0 Å². The van der Waals surface area contributed by atoms with Crippen molar-refractivity contribution < 1.29 is 8.83 Å². The van der Waals surface area contributed by atoms with Crippen molar-refractivity contribution in [1.29, 1.82) is 0 Å². The van der Waals surface area contributed by atoms with Crippen molar-refractivity contribution in [2.45, 2.75) is 13.8 Å². The zero-order valence-electron chi connectivity index (χ0n) is 43.0. The molecule has 14 aromatic carbocycles. The van der Waals surface area contributed by atoms with Crippen molar-refractivity contribution in [2.24, 2.45) is 0 Å². The maximum absolute atomic E-state index is 7.35. The second-order valence-corrected chi connectivity index (χ2v) is 20.8. The van der Waals surface area contributed by atoms with E-state index in [-0.39, 0.29) is 0 Å². The van der Waals surface area contributed by atoms with Crippen molar-refractivity contribution in [3.8, 4) is 22.3 Å². The second kappa shape index (κ2) is 17.2. The molecule has 0 N–H and O–H groups in total. The van der Waals surface area contributed by atoms with E-state index < -0.39 is 0 Å². The van der Waals surface area contributed by atoms with E-state index in [1.807, 2.05) is 0 Å². The van der Waals surface area contributed by atoms with Crippen LogP contribution in [-0.2, 0) is 0 Å². The van der Waals surface area contributed by atoms with E-state index in [1.54, 1.807) is 0 Å². The summed E-state index contributed by atoms with van der Waals surface area (Å²) in [4.78, 5) is 4.84. The van der Waals surface area contributed by atoms with Gasteiger partial charge in [0.2, 0.25) is 0 Å². The quantitative estimate of drug-likeness (QED) is 0.142. The van der Waals surface area contributed by atoms with Crippen LogP contribution in [0.5, 0.6) is 0 Å². The van der Waals surface area contributed by atoms with Crippen molar-refractivity contribution in [1.82, 2.24) is 0 Å². The predicted molar refractivity (Wildman–Crippen MR) is 329 cm³/mol. The summed E-state index contributed by atoms with van der Waals surface area (Å²) in [6.07, 6.45) is 0. The fourth-order valence-corrected chi connectivity index (χ4v) is 13.0. The highest BCUT2D eigenvalue weighted by molar-refractivity contribution is 6.31. The Balaban J connectivity index is 0.961. The van der Waals surface area contributed by atoms with Gasteiger partial charge in [-0.2, -0.15) is 0 Å². The molecular weight excluding hydrogens is 949 g/mol. The average Bonchev–Trinajstić information content (AvgIpc) is 4.26. The molecule has 366 valence electrons. The Morgan fingerprint density at radius 1 is 0.256 bits per heavy atom. The minimum absolute atomic E-state index is 0.840. The molecule has 16 rings (SSSR count). The van der Waals surface area contributed by atoms with Gasteiger partial charge < -0.3 is 18.6 Å². The Bertz CT molecular complexity index is 5040. The van der Waals surface area contributed by atoms with E-state index in [1.165, 1.54) is 59.6 Å². The van der Waals surface area contributed by atoms with Gasteiger partial charge in [0.15, 0.2) is 11.2 Å². The molecule has 78 heavy (non-hydrogen) atoms. The molecule has 0 aliphatic heterocycles. The van der Waals surface area contributed by atoms with Gasteiger partial charge in [-0.1, -0.05) is 188 Å². The van der Waals surface area contributed by atoms with E-state index >= 15 is 0 Å². The molecule has 0 unspecified atom stereocenters. The molecule has 0 radical (unpaired) electrons. The van der Waals surface area contributed by atoms with Gasteiger partial charge in [-0.05, 0) is 141 Å². The van der Waals surface area contributed by atoms with E-state index in [0.717, 1.165) is 106 Å². The standard InChI is InChI=1S/C74H48N2O2/c1-45-42-61-62(75(52-27-11-5-12-28-52)64-35-19-33-57-68-55-31-17-15-25-49(55)43-59(73(68)77-71(57)64)47-21-7-3-8-22-47)39-37-51-41-46(2)66-63(40-38-54(45)70(66)67(51)61)76(53-29-13-6-14-30-53)65-36-20-34-58-69-56-32-18-16-26-50(56)44-60(74(69)78-72(58)65)48-23-9-4-10-24-48/h3-44H,1-2H3. The van der Waals surface area contributed by atoms with Gasteiger partial charge in [-0.3, -0.25) is 0 Å². The lowest BCUT2D eigenvalue weighted by Gasteiger charge is -2.30. The van der Waals surface area contributed by atoms with Gasteiger partial charge in [0.25, 0.3) is 0 Å². The summed E-state index contributed by atoms with van der Waals surface area (Å²) < 4.78 is 14.7. The van der Waals surface area contributed by atoms with E-state index in [2.05, 4.69) is 278 Å². The largest absolute Gasteiger partial charge is 0.453 e. The lowest BCUT2D eigenvalue weighted by Crippen LogP contribution is -2.12. The normalized spacial score (nSPS) is 12.0. The Morgan fingerprint density at radius 3 is 1.26 bits per heavy atom. The van der Waals surface area contributed by atoms with Crippen LogP contribution in [0.3, 0.4) is 0 Å². The molecule has 16 aromatic rings. The van der Waals surface area contributed by atoms with Crippen molar-refractivity contribution in [2.75, 3.05) is 9.80 Å². The fraction of sp³-hybridized carbons (Fsp3) is 0.0270. The summed E-state index contributed by atoms with van der Waals surface area (Å²) in [6.45, 7) is 4.54. The van der Waals surface area contributed by atoms with E-state index in [4.69, 9.17) is 8.83 Å². The molecule has 0 aliphatic rings. The molecule has 0 fully saturated rings. The number of para-hydroxylation sites is 4. The molecule has 0 bridgehead atoms. The van der Waals surface area contributed by atoms with Crippen LogP contribution in [0.2, 0.25) is 0 Å². The Hall–Kier alpha value is -10.2. The molecule has 0 saturated heterocycles. The molecular formula is C74H48N2O2. The van der Waals surface area contributed by atoms with Gasteiger partial charge in [0, 0.05) is 60.2 Å². The number of aryl methyl sites for hydroxylation is 2. The Morgan fingerprint density at radius 2 is 0.718 bits per heavy atom. The summed E-state index contributed by atoms with van der Waals surface area (Å²) in [5, 5.41) is 16.4. The van der Waals surface area contributed by atoms with Gasteiger partial charge in [-0.15, -0.1) is 0 Å². The van der Waals surface area contributed by atoms with Crippen LogP contribution in [0.25, 0.3) is 120 Å². The first-order chi connectivity index (χ1) is 38.6. The predicted octanol–water partition coefficient (Wildman–Crippen LogP) is 21.6. The molecule has 2 heterocycles. The topological polar surface area (TPSA) is 32.8 Å². The number of hydrogen-bond acceptors (Lipinski definition) is 4. The SMILES string of the molecule is Cc1cc2c(N(c3ccccc3)c3cccc4c3oc3c(-c5ccccc5)cc5ccccc5c34)ccc3cc(C)c4c(N(c5ccccc5)c5cccc6c5oc5c(-c7ccccc7)cc7ccccc7c56)ccc1c4c32. The molecule has 0 amide bonds. The Kier molecular flexibility index (Phi) is 9.73. The zero-order chi connectivity index (χ0) is 51.6. The van der Waals surface area contributed by atoms with Crippen molar-refractivity contribution in [3.63, 3.8) is 0 Å². The van der Waals surface area contributed by atoms with Crippen LogP contribution < -0.4 is 9.80 Å². The third-order valence-electron chi connectivity index (χ3n) is 16.3. The first-order valence-corrected chi connectivity index (χ1v) is 26.8. The molecule has 2 aromatic heterocycles. The summed E-state index contributed by atoms with van der Waals surface area (Å²) >= 11 is 0. The third-order valence-corrected chi connectivity index (χ3v) is 16.3. The van der Waals surface area contributed by atoms with Crippen LogP contribution in [0.4, 0.5) is 34.1 Å². The first kappa shape index (κ1) is 44.2. The Labute approximate surface area is 450 Å².